The molecule has 3 heterocycles. The van der Waals surface area contributed by atoms with Crippen LogP contribution in [0.2, 0.25) is 0 Å². The summed E-state index contributed by atoms with van der Waals surface area (Å²) >= 11 is 1.83. The van der Waals surface area contributed by atoms with E-state index < -0.39 is 0 Å². The Morgan fingerprint density at radius 1 is 0.432 bits per heavy atom. The summed E-state index contributed by atoms with van der Waals surface area (Å²) < 4.78 is 4.93. The van der Waals surface area contributed by atoms with Crippen molar-refractivity contribution in [3.05, 3.63) is 146 Å². The molecule has 0 saturated carbocycles. The van der Waals surface area contributed by atoms with Gasteiger partial charge in [-0.25, -0.2) is 15.0 Å². The number of hydrogen-bond donors (Lipinski definition) is 0. The lowest BCUT2D eigenvalue weighted by molar-refractivity contribution is 1.07. The third-order valence-corrected chi connectivity index (χ3v) is 9.40. The van der Waals surface area contributed by atoms with E-state index in [4.69, 9.17) is 15.0 Å². The standard InChI is InChI=1S/C39H24N4S/c1-4-13-26(14-5-1)37-40-38(27-15-6-2-7-16-27)42-39(41-37)28-21-22-31-33(24-28)44-36-32-23-20-25-12-10-11-19-30(25)34(32)43(35(31)36)29-17-8-3-9-18-29/h1-24H. The van der Waals surface area contributed by atoms with E-state index in [1.807, 2.05) is 72.0 Å². The van der Waals surface area contributed by atoms with Gasteiger partial charge in [0.25, 0.3) is 0 Å². The van der Waals surface area contributed by atoms with Crippen molar-refractivity contribution < 1.29 is 0 Å². The molecule has 0 aliphatic carbocycles. The third kappa shape index (κ3) is 3.94. The zero-order chi connectivity index (χ0) is 29.0. The molecular formula is C39H24N4S. The van der Waals surface area contributed by atoms with Crippen LogP contribution < -0.4 is 0 Å². The lowest BCUT2D eigenvalue weighted by Crippen LogP contribution is -2.00. The Morgan fingerprint density at radius 3 is 1.68 bits per heavy atom. The summed E-state index contributed by atoms with van der Waals surface area (Å²) in [5, 5.41) is 4.99. The molecule has 0 unspecified atom stereocenters. The zero-order valence-electron chi connectivity index (χ0n) is 23.6. The summed E-state index contributed by atoms with van der Waals surface area (Å²) in [6.07, 6.45) is 0. The van der Waals surface area contributed by atoms with Crippen LogP contribution in [0, 0.1) is 0 Å². The molecule has 0 saturated heterocycles. The molecule has 5 heteroatoms. The van der Waals surface area contributed by atoms with Crippen LogP contribution in [0.1, 0.15) is 0 Å². The number of fused-ring (bicyclic) bond motifs is 7. The quantitative estimate of drug-likeness (QED) is 0.208. The van der Waals surface area contributed by atoms with E-state index in [0.29, 0.717) is 17.5 Å². The Kier molecular flexibility index (Phi) is 5.64. The van der Waals surface area contributed by atoms with Crippen LogP contribution in [0.25, 0.3) is 81.8 Å². The monoisotopic (exact) mass is 580 g/mol. The van der Waals surface area contributed by atoms with Crippen molar-refractivity contribution in [1.82, 2.24) is 19.5 Å². The van der Waals surface area contributed by atoms with Crippen LogP contribution in [0.5, 0.6) is 0 Å². The van der Waals surface area contributed by atoms with Gasteiger partial charge in [0.15, 0.2) is 17.5 Å². The molecule has 0 radical (unpaired) electrons. The number of benzene rings is 6. The Bertz CT molecular complexity index is 2420. The molecule has 0 spiro atoms. The second kappa shape index (κ2) is 9.97. The number of thiophene rings is 1. The second-order valence-electron chi connectivity index (χ2n) is 10.9. The van der Waals surface area contributed by atoms with Gasteiger partial charge in [-0.2, -0.15) is 0 Å². The number of para-hydroxylation sites is 1. The highest BCUT2D eigenvalue weighted by atomic mass is 32.1. The number of rotatable bonds is 4. The van der Waals surface area contributed by atoms with E-state index in [-0.39, 0.29) is 0 Å². The fraction of sp³-hybridized carbons (Fsp3) is 0. The highest BCUT2D eigenvalue weighted by Gasteiger charge is 2.20. The van der Waals surface area contributed by atoms with Gasteiger partial charge in [-0.3, -0.25) is 0 Å². The lowest BCUT2D eigenvalue weighted by Gasteiger charge is -2.10. The predicted molar refractivity (Wildman–Crippen MR) is 183 cm³/mol. The van der Waals surface area contributed by atoms with Gasteiger partial charge in [-0.05, 0) is 23.6 Å². The molecule has 4 nitrogen and oxygen atoms in total. The SMILES string of the molecule is c1ccc(-c2nc(-c3ccccc3)nc(-c3ccc4c(c3)sc3c5ccc6ccccc6c5n(-c5ccccc5)c43)n2)cc1. The fourth-order valence-electron chi connectivity index (χ4n) is 6.19. The first-order chi connectivity index (χ1) is 21.8. The minimum Gasteiger partial charge on any atom is -0.307 e. The Labute approximate surface area is 257 Å². The number of nitrogens with zero attached hydrogens (tertiary/aromatic N) is 4. The van der Waals surface area contributed by atoms with Crippen molar-refractivity contribution in [2.45, 2.75) is 0 Å². The van der Waals surface area contributed by atoms with Gasteiger partial charge in [0, 0.05) is 43.2 Å². The molecular weight excluding hydrogens is 557 g/mol. The molecule has 0 aliphatic heterocycles. The normalized spacial score (nSPS) is 11.6. The molecule has 9 aromatic rings. The average molecular weight is 581 g/mol. The van der Waals surface area contributed by atoms with Crippen molar-refractivity contribution in [2.24, 2.45) is 0 Å². The summed E-state index contributed by atoms with van der Waals surface area (Å²) in [5.41, 5.74) is 6.54. The maximum Gasteiger partial charge on any atom is 0.164 e. The minimum atomic E-state index is 0.666. The van der Waals surface area contributed by atoms with Crippen LogP contribution in [-0.4, -0.2) is 19.5 Å². The van der Waals surface area contributed by atoms with Crippen LogP contribution in [-0.2, 0) is 0 Å². The fourth-order valence-corrected chi connectivity index (χ4v) is 7.44. The summed E-state index contributed by atoms with van der Waals surface area (Å²) in [5.74, 6) is 2.00. The molecule has 44 heavy (non-hydrogen) atoms. The maximum atomic E-state index is 4.97. The van der Waals surface area contributed by atoms with E-state index in [9.17, 15) is 0 Å². The van der Waals surface area contributed by atoms with Gasteiger partial charge in [-0.1, -0.05) is 127 Å². The molecule has 0 fully saturated rings. The maximum absolute atomic E-state index is 4.97. The van der Waals surface area contributed by atoms with Crippen LogP contribution in [0.3, 0.4) is 0 Å². The first-order valence-corrected chi connectivity index (χ1v) is 15.4. The largest absolute Gasteiger partial charge is 0.307 e. The highest BCUT2D eigenvalue weighted by Crippen LogP contribution is 2.45. The van der Waals surface area contributed by atoms with E-state index in [1.165, 1.54) is 42.0 Å². The van der Waals surface area contributed by atoms with Gasteiger partial charge in [0.1, 0.15) is 0 Å². The van der Waals surface area contributed by atoms with Gasteiger partial charge in [0.05, 0.1) is 15.7 Å². The van der Waals surface area contributed by atoms with Gasteiger partial charge >= 0.3 is 0 Å². The van der Waals surface area contributed by atoms with Crippen molar-refractivity contribution in [3.63, 3.8) is 0 Å². The van der Waals surface area contributed by atoms with E-state index in [1.54, 1.807) is 0 Å². The molecule has 6 aromatic carbocycles. The molecule has 9 rings (SSSR count). The van der Waals surface area contributed by atoms with Crippen LogP contribution in [0.4, 0.5) is 0 Å². The third-order valence-electron chi connectivity index (χ3n) is 8.23. The summed E-state index contributed by atoms with van der Waals surface area (Å²) in [4.78, 5) is 14.8. The molecule has 3 aromatic heterocycles. The van der Waals surface area contributed by atoms with Gasteiger partial charge in [-0.15, -0.1) is 11.3 Å². The first-order valence-electron chi connectivity index (χ1n) is 14.6. The smallest absolute Gasteiger partial charge is 0.164 e. The zero-order valence-corrected chi connectivity index (χ0v) is 24.4. The van der Waals surface area contributed by atoms with Crippen LogP contribution in [0.15, 0.2) is 146 Å². The van der Waals surface area contributed by atoms with Crippen molar-refractivity contribution >= 4 is 53.3 Å². The van der Waals surface area contributed by atoms with E-state index in [0.717, 1.165) is 22.4 Å². The molecule has 0 atom stereocenters. The van der Waals surface area contributed by atoms with Crippen LogP contribution >= 0.6 is 11.3 Å². The Morgan fingerprint density at radius 2 is 1.00 bits per heavy atom. The first kappa shape index (κ1) is 24.9. The second-order valence-corrected chi connectivity index (χ2v) is 11.9. The lowest BCUT2D eigenvalue weighted by atomic mass is 10.1. The van der Waals surface area contributed by atoms with Gasteiger partial charge < -0.3 is 4.57 Å². The summed E-state index contributed by atoms with van der Waals surface area (Å²) in [7, 11) is 0. The predicted octanol–water partition coefficient (Wildman–Crippen LogP) is 10.3. The number of hydrogen-bond acceptors (Lipinski definition) is 4. The van der Waals surface area contributed by atoms with E-state index in [2.05, 4.69) is 89.5 Å². The number of aromatic nitrogens is 4. The molecule has 206 valence electrons. The van der Waals surface area contributed by atoms with Crippen molar-refractivity contribution in [3.8, 4) is 39.9 Å². The summed E-state index contributed by atoms with van der Waals surface area (Å²) in [6.45, 7) is 0. The van der Waals surface area contributed by atoms with Crippen molar-refractivity contribution in [2.75, 3.05) is 0 Å². The topological polar surface area (TPSA) is 43.6 Å². The molecule has 0 bridgehead atoms. The van der Waals surface area contributed by atoms with Gasteiger partial charge in [0.2, 0.25) is 0 Å². The summed E-state index contributed by atoms with van der Waals surface area (Å²) in [6, 6.07) is 50.7. The Balaban J connectivity index is 1.30. The molecule has 0 aliphatic rings. The Hall–Kier alpha value is -5.65. The highest BCUT2D eigenvalue weighted by molar-refractivity contribution is 7.26. The van der Waals surface area contributed by atoms with Crippen molar-refractivity contribution in [1.29, 1.82) is 0 Å². The minimum absolute atomic E-state index is 0.666. The van der Waals surface area contributed by atoms with E-state index >= 15 is 0 Å². The average Bonchev–Trinajstić information content (AvgIpc) is 3.63. The molecule has 0 amide bonds. The molecule has 0 N–H and O–H groups in total.